The highest BCUT2D eigenvalue weighted by atomic mass is 19.1. The van der Waals surface area contributed by atoms with Gasteiger partial charge in [-0.1, -0.05) is 0 Å². The lowest BCUT2D eigenvalue weighted by atomic mass is 10.1. The van der Waals surface area contributed by atoms with Crippen LogP contribution in [-0.2, 0) is 4.74 Å². The highest BCUT2D eigenvalue weighted by Crippen LogP contribution is 2.29. The average molecular weight is 253 g/mol. The van der Waals surface area contributed by atoms with E-state index < -0.39 is 16.7 Å². The number of nitro benzene ring substituents is 1. The van der Waals surface area contributed by atoms with Crippen LogP contribution in [0.4, 0.5) is 10.1 Å². The van der Waals surface area contributed by atoms with Crippen LogP contribution in [0, 0.1) is 28.8 Å². The zero-order chi connectivity index (χ0) is 13.3. The Morgan fingerprint density at radius 1 is 1.56 bits per heavy atom. The number of nitro groups is 1. The van der Waals surface area contributed by atoms with Gasteiger partial charge in [0.1, 0.15) is 11.4 Å². The number of carbonyl (C=O) groups is 1. The summed E-state index contributed by atoms with van der Waals surface area (Å²) in [6, 6.07) is 2.00. The van der Waals surface area contributed by atoms with Crippen LogP contribution in [0.3, 0.4) is 0 Å². The molecular weight excluding hydrogens is 241 g/mol. The van der Waals surface area contributed by atoms with Crippen molar-refractivity contribution in [2.75, 3.05) is 6.61 Å². The Morgan fingerprint density at radius 2 is 2.22 bits per heavy atom. The summed E-state index contributed by atoms with van der Waals surface area (Å²) in [5, 5.41) is 10.6. The second-order valence-corrected chi connectivity index (χ2v) is 4.42. The average Bonchev–Trinajstić information content (AvgIpc) is 3.13. The lowest BCUT2D eigenvalue weighted by Crippen LogP contribution is -2.11. The summed E-state index contributed by atoms with van der Waals surface area (Å²) in [7, 11) is 0. The maximum absolute atomic E-state index is 13.7. The molecule has 2 rings (SSSR count). The molecule has 1 fully saturated rings. The van der Waals surface area contributed by atoms with Gasteiger partial charge in [-0.2, -0.15) is 0 Å². The third-order valence-corrected chi connectivity index (χ3v) is 2.82. The van der Waals surface area contributed by atoms with Gasteiger partial charge in [-0.3, -0.25) is 10.1 Å². The first kappa shape index (κ1) is 12.5. The minimum absolute atomic E-state index is 0.0579. The molecule has 0 aromatic heterocycles. The quantitative estimate of drug-likeness (QED) is 0.470. The monoisotopic (exact) mass is 253 g/mol. The van der Waals surface area contributed by atoms with Crippen molar-refractivity contribution in [2.45, 2.75) is 19.8 Å². The van der Waals surface area contributed by atoms with Gasteiger partial charge in [0.05, 0.1) is 11.5 Å². The zero-order valence-electron chi connectivity index (χ0n) is 9.81. The van der Waals surface area contributed by atoms with E-state index in [-0.39, 0.29) is 23.4 Å². The Bertz CT molecular complexity index is 511. The van der Waals surface area contributed by atoms with Gasteiger partial charge in [-0.05, 0) is 31.2 Å². The summed E-state index contributed by atoms with van der Waals surface area (Å²) in [6.07, 6.45) is 2.01. The minimum atomic E-state index is -0.841. The molecule has 0 saturated heterocycles. The number of nitrogens with zero attached hydrogens (tertiary/aromatic N) is 1. The lowest BCUT2D eigenvalue weighted by Gasteiger charge is -2.06. The molecule has 0 radical (unpaired) electrons. The minimum Gasteiger partial charge on any atom is -0.462 e. The normalized spacial score (nSPS) is 14.3. The number of benzene rings is 1. The first-order valence-electron chi connectivity index (χ1n) is 5.60. The van der Waals surface area contributed by atoms with Gasteiger partial charge in [0.2, 0.25) is 0 Å². The zero-order valence-corrected chi connectivity index (χ0v) is 9.81. The molecule has 96 valence electrons. The fourth-order valence-corrected chi connectivity index (χ4v) is 1.56. The molecule has 0 atom stereocenters. The topological polar surface area (TPSA) is 69.4 Å². The molecular formula is C12H12FNO4. The molecule has 1 aromatic rings. The first-order chi connectivity index (χ1) is 8.49. The molecule has 1 aromatic carbocycles. The van der Waals surface area contributed by atoms with Gasteiger partial charge in [-0.15, -0.1) is 0 Å². The second kappa shape index (κ2) is 4.72. The van der Waals surface area contributed by atoms with E-state index in [0.29, 0.717) is 5.92 Å². The number of rotatable bonds is 4. The standard InChI is InChI=1S/C12H12FNO4/c1-7-4-9(14(16)17)5-10(11(7)13)12(15)18-6-8-2-3-8/h4-5,8H,2-3,6H2,1H3. The number of aryl methyl sites for hydroxylation is 1. The molecule has 0 N–H and O–H groups in total. The maximum atomic E-state index is 13.7. The summed E-state index contributed by atoms with van der Waals surface area (Å²) in [5.74, 6) is -1.25. The van der Waals surface area contributed by atoms with Gasteiger partial charge in [-0.25, -0.2) is 9.18 Å². The summed E-state index contributed by atoms with van der Waals surface area (Å²) in [4.78, 5) is 21.6. The Hall–Kier alpha value is -1.98. The predicted molar refractivity (Wildman–Crippen MR) is 60.8 cm³/mol. The Morgan fingerprint density at radius 3 is 2.78 bits per heavy atom. The first-order valence-corrected chi connectivity index (χ1v) is 5.60. The van der Waals surface area contributed by atoms with Crippen LogP contribution < -0.4 is 0 Å². The third-order valence-electron chi connectivity index (χ3n) is 2.82. The van der Waals surface area contributed by atoms with E-state index in [2.05, 4.69) is 0 Å². The van der Waals surface area contributed by atoms with Gasteiger partial charge >= 0.3 is 5.97 Å². The number of ether oxygens (including phenoxy) is 1. The molecule has 0 amide bonds. The number of non-ortho nitro benzene ring substituents is 1. The van der Waals surface area contributed by atoms with Crippen LogP contribution in [0.1, 0.15) is 28.8 Å². The number of hydrogen-bond donors (Lipinski definition) is 0. The van der Waals surface area contributed by atoms with Gasteiger partial charge in [0, 0.05) is 12.1 Å². The van der Waals surface area contributed by atoms with E-state index in [9.17, 15) is 19.3 Å². The van der Waals surface area contributed by atoms with Gasteiger partial charge < -0.3 is 4.74 Å². The van der Waals surface area contributed by atoms with E-state index >= 15 is 0 Å². The van der Waals surface area contributed by atoms with Crippen LogP contribution in [0.15, 0.2) is 12.1 Å². The predicted octanol–water partition coefficient (Wildman–Crippen LogP) is 2.61. The molecule has 0 aliphatic heterocycles. The summed E-state index contributed by atoms with van der Waals surface area (Å²) < 4.78 is 18.6. The number of hydrogen-bond acceptors (Lipinski definition) is 4. The van der Waals surface area contributed by atoms with Crippen molar-refractivity contribution in [3.8, 4) is 0 Å². The molecule has 1 aliphatic carbocycles. The highest BCUT2D eigenvalue weighted by molar-refractivity contribution is 5.90. The van der Waals surface area contributed by atoms with Crippen LogP contribution in [0.2, 0.25) is 0 Å². The lowest BCUT2D eigenvalue weighted by molar-refractivity contribution is -0.385. The fourth-order valence-electron chi connectivity index (χ4n) is 1.56. The largest absolute Gasteiger partial charge is 0.462 e. The van der Waals surface area contributed by atoms with Crippen LogP contribution in [0.5, 0.6) is 0 Å². The number of esters is 1. The highest BCUT2D eigenvalue weighted by Gasteiger charge is 2.25. The van der Waals surface area contributed by atoms with E-state index in [1.165, 1.54) is 6.92 Å². The molecule has 0 spiro atoms. The maximum Gasteiger partial charge on any atom is 0.341 e. The Balaban J connectivity index is 2.23. The summed E-state index contributed by atoms with van der Waals surface area (Å²) in [5.41, 5.74) is -0.628. The number of carbonyl (C=O) groups excluding carboxylic acids is 1. The van der Waals surface area contributed by atoms with Crippen molar-refractivity contribution in [3.05, 3.63) is 39.2 Å². The summed E-state index contributed by atoms with van der Waals surface area (Å²) >= 11 is 0. The van der Waals surface area contributed by atoms with E-state index in [1.54, 1.807) is 0 Å². The van der Waals surface area contributed by atoms with Crippen molar-refractivity contribution in [3.63, 3.8) is 0 Å². The molecule has 18 heavy (non-hydrogen) atoms. The number of halogens is 1. The molecule has 1 saturated carbocycles. The smallest absolute Gasteiger partial charge is 0.341 e. The molecule has 5 nitrogen and oxygen atoms in total. The molecule has 0 unspecified atom stereocenters. The SMILES string of the molecule is Cc1cc([N+](=O)[O-])cc(C(=O)OCC2CC2)c1F. The van der Waals surface area contributed by atoms with Crippen molar-refractivity contribution >= 4 is 11.7 Å². The Kier molecular flexibility index (Phi) is 3.27. The second-order valence-electron chi connectivity index (χ2n) is 4.42. The van der Waals surface area contributed by atoms with E-state index in [1.807, 2.05) is 0 Å². The van der Waals surface area contributed by atoms with Gasteiger partial charge in [0.25, 0.3) is 5.69 Å². The van der Waals surface area contributed by atoms with Gasteiger partial charge in [0.15, 0.2) is 0 Å². The van der Waals surface area contributed by atoms with E-state index in [0.717, 1.165) is 25.0 Å². The van der Waals surface area contributed by atoms with Crippen molar-refractivity contribution in [1.82, 2.24) is 0 Å². The Labute approximate surface area is 103 Å². The fraction of sp³-hybridized carbons (Fsp3) is 0.417. The molecule has 1 aliphatic rings. The van der Waals surface area contributed by atoms with Crippen molar-refractivity contribution in [2.24, 2.45) is 5.92 Å². The van der Waals surface area contributed by atoms with E-state index in [4.69, 9.17) is 4.74 Å². The summed E-state index contributed by atoms with van der Waals surface area (Å²) in [6.45, 7) is 1.63. The van der Waals surface area contributed by atoms with Crippen LogP contribution in [-0.4, -0.2) is 17.5 Å². The van der Waals surface area contributed by atoms with Crippen molar-refractivity contribution < 1.29 is 18.8 Å². The molecule has 0 heterocycles. The molecule has 0 bridgehead atoms. The van der Waals surface area contributed by atoms with Crippen LogP contribution >= 0.6 is 0 Å². The third kappa shape index (κ3) is 2.64. The van der Waals surface area contributed by atoms with Crippen LogP contribution in [0.25, 0.3) is 0 Å². The molecule has 6 heteroatoms. The van der Waals surface area contributed by atoms with Crippen molar-refractivity contribution in [1.29, 1.82) is 0 Å².